The van der Waals surface area contributed by atoms with Gasteiger partial charge in [-0.3, -0.25) is 0 Å². The van der Waals surface area contributed by atoms with E-state index < -0.39 is 5.97 Å². The van der Waals surface area contributed by atoms with Gasteiger partial charge in [-0.1, -0.05) is 17.2 Å². The minimum atomic E-state index is -0.414. The maximum absolute atomic E-state index is 12.3. The van der Waals surface area contributed by atoms with Crippen LogP contribution in [0.2, 0.25) is 0 Å². The number of rotatable bonds is 4. The Morgan fingerprint density at radius 3 is 2.63 bits per heavy atom. The largest absolute Gasteiger partial charge is 0.456 e. The lowest BCUT2D eigenvalue weighted by Crippen LogP contribution is -2.07. The molecular formula is C21H19N3O3. The van der Waals surface area contributed by atoms with Gasteiger partial charge in [0, 0.05) is 12.6 Å². The highest BCUT2D eigenvalue weighted by Gasteiger charge is 2.14. The van der Waals surface area contributed by atoms with Gasteiger partial charge in [-0.2, -0.15) is 0 Å². The van der Waals surface area contributed by atoms with Gasteiger partial charge in [0.25, 0.3) is 0 Å². The Kier molecular flexibility index (Phi) is 4.24. The van der Waals surface area contributed by atoms with E-state index >= 15 is 0 Å². The van der Waals surface area contributed by atoms with Gasteiger partial charge in [-0.05, 0) is 44.2 Å². The fourth-order valence-electron chi connectivity index (χ4n) is 3.02. The maximum atomic E-state index is 12.3. The average Bonchev–Trinajstić information content (AvgIpc) is 3.24. The van der Waals surface area contributed by atoms with Gasteiger partial charge in [0.15, 0.2) is 5.58 Å². The predicted molar refractivity (Wildman–Crippen MR) is 101 cm³/mol. The summed E-state index contributed by atoms with van der Waals surface area (Å²) in [5, 5.41) is 0. The highest BCUT2D eigenvalue weighted by molar-refractivity contribution is 5.93. The van der Waals surface area contributed by atoms with Gasteiger partial charge in [-0.25, -0.2) is 14.8 Å². The van der Waals surface area contributed by atoms with Crippen molar-refractivity contribution in [3.05, 3.63) is 71.3 Å². The number of aryl methyl sites for hydroxylation is 3. The number of fused-ring (bicyclic) bond motifs is 1. The second kappa shape index (κ2) is 6.72. The molecule has 0 atom stereocenters. The van der Waals surface area contributed by atoms with E-state index in [1.807, 2.05) is 37.6 Å². The molecule has 2 aromatic heterocycles. The lowest BCUT2D eigenvalue weighted by Gasteiger charge is -2.05. The van der Waals surface area contributed by atoms with E-state index in [9.17, 15) is 4.79 Å². The Morgan fingerprint density at radius 1 is 1.15 bits per heavy atom. The third kappa shape index (κ3) is 3.46. The van der Waals surface area contributed by atoms with Crippen molar-refractivity contribution in [1.29, 1.82) is 0 Å². The third-order valence-electron chi connectivity index (χ3n) is 4.36. The first kappa shape index (κ1) is 17.0. The van der Waals surface area contributed by atoms with Gasteiger partial charge in [0.1, 0.15) is 12.1 Å². The molecule has 0 unspecified atom stereocenters. The van der Waals surface area contributed by atoms with Gasteiger partial charge in [-0.15, -0.1) is 0 Å². The zero-order valence-corrected chi connectivity index (χ0v) is 15.4. The molecule has 6 nitrogen and oxygen atoms in total. The van der Waals surface area contributed by atoms with Crippen molar-refractivity contribution in [2.45, 2.75) is 20.5 Å². The molecule has 0 radical (unpaired) electrons. The number of hydrogen-bond acceptors (Lipinski definition) is 5. The van der Waals surface area contributed by atoms with Crippen molar-refractivity contribution in [3.63, 3.8) is 0 Å². The standard InChI is InChI=1S/C21H19N3O3/c1-13-6-14(2)8-16(7-13)20-23-18-5-4-15(9-19(18)27-20)21(25)26-11-17-10-22-12-24(17)3/h4-10,12H,11H2,1-3H3. The normalized spacial score (nSPS) is 11.1. The third-order valence-corrected chi connectivity index (χ3v) is 4.36. The van der Waals surface area contributed by atoms with Gasteiger partial charge in [0.2, 0.25) is 5.89 Å². The van der Waals surface area contributed by atoms with Crippen molar-refractivity contribution < 1.29 is 13.9 Å². The summed E-state index contributed by atoms with van der Waals surface area (Å²) in [5.74, 6) is 0.125. The summed E-state index contributed by atoms with van der Waals surface area (Å²) in [5.41, 5.74) is 5.71. The highest BCUT2D eigenvalue weighted by atomic mass is 16.5. The molecule has 27 heavy (non-hydrogen) atoms. The smallest absolute Gasteiger partial charge is 0.338 e. The molecule has 2 heterocycles. The van der Waals surface area contributed by atoms with E-state index in [1.54, 1.807) is 30.7 Å². The van der Waals surface area contributed by atoms with Crippen LogP contribution in [0.15, 0.2) is 53.3 Å². The van der Waals surface area contributed by atoms with E-state index in [0.717, 1.165) is 22.4 Å². The zero-order valence-electron chi connectivity index (χ0n) is 15.4. The summed E-state index contributed by atoms with van der Waals surface area (Å²) < 4.78 is 13.1. The van der Waals surface area contributed by atoms with Crippen molar-refractivity contribution in [1.82, 2.24) is 14.5 Å². The number of carbonyl (C=O) groups is 1. The fraction of sp³-hybridized carbons (Fsp3) is 0.190. The van der Waals surface area contributed by atoms with Gasteiger partial charge in [0.05, 0.1) is 23.8 Å². The zero-order chi connectivity index (χ0) is 19.0. The molecule has 136 valence electrons. The van der Waals surface area contributed by atoms with Crippen molar-refractivity contribution in [2.24, 2.45) is 7.05 Å². The van der Waals surface area contributed by atoms with Crippen LogP contribution in [0, 0.1) is 13.8 Å². The molecule has 4 aromatic rings. The lowest BCUT2D eigenvalue weighted by atomic mass is 10.1. The number of carbonyl (C=O) groups excluding carboxylic acids is 1. The van der Waals surface area contributed by atoms with Gasteiger partial charge >= 0.3 is 5.97 Å². The Bertz CT molecular complexity index is 1120. The summed E-state index contributed by atoms with van der Waals surface area (Å²) in [6.45, 7) is 4.24. The average molecular weight is 361 g/mol. The Balaban J connectivity index is 1.58. The molecule has 0 amide bonds. The van der Waals surface area contributed by atoms with Crippen molar-refractivity contribution in [3.8, 4) is 11.5 Å². The molecule has 0 N–H and O–H groups in total. The molecule has 0 fully saturated rings. The van der Waals surface area contributed by atoms with E-state index in [0.29, 0.717) is 22.6 Å². The van der Waals surface area contributed by atoms with Gasteiger partial charge < -0.3 is 13.7 Å². The molecule has 0 bridgehead atoms. The Hall–Kier alpha value is -3.41. The molecule has 2 aromatic carbocycles. The second-order valence-corrected chi connectivity index (χ2v) is 6.65. The topological polar surface area (TPSA) is 70.2 Å². The molecule has 0 spiro atoms. The molecule has 0 aliphatic carbocycles. The minimum Gasteiger partial charge on any atom is -0.456 e. The molecule has 0 saturated carbocycles. The number of esters is 1. The van der Waals surface area contributed by atoms with E-state index in [1.165, 1.54) is 0 Å². The van der Waals surface area contributed by atoms with Crippen LogP contribution in [0.4, 0.5) is 0 Å². The summed E-state index contributed by atoms with van der Waals surface area (Å²) in [6.07, 6.45) is 3.33. The van der Waals surface area contributed by atoms with Crippen LogP contribution < -0.4 is 0 Å². The number of oxazole rings is 1. The van der Waals surface area contributed by atoms with Crippen LogP contribution in [0.25, 0.3) is 22.6 Å². The van der Waals surface area contributed by atoms with E-state index in [4.69, 9.17) is 9.15 Å². The predicted octanol–water partition coefficient (Wildman–Crippen LogP) is 4.20. The summed E-state index contributed by atoms with van der Waals surface area (Å²) in [7, 11) is 1.85. The van der Waals surface area contributed by atoms with Crippen LogP contribution >= 0.6 is 0 Å². The number of aromatic nitrogens is 3. The number of ether oxygens (including phenoxy) is 1. The summed E-state index contributed by atoms with van der Waals surface area (Å²) in [4.78, 5) is 20.9. The second-order valence-electron chi connectivity index (χ2n) is 6.65. The monoisotopic (exact) mass is 361 g/mol. The molecule has 0 aliphatic heterocycles. The lowest BCUT2D eigenvalue weighted by molar-refractivity contribution is 0.0464. The molecule has 6 heteroatoms. The number of imidazole rings is 1. The van der Waals surface area contributed by atoms with Crippen molar-refractivity contribution >= 4 is 17.1 Å². The summed E-state index contributed by atoms with van der Waals surface area (Å²) >= 11 is 0. The van der Waals surface area contributed by atoms with Crippen molar-refractivity contribution in [2.75, 3.05) is 0 Å². The van der Waals surface area contributed by atoms with E-state index in [2.05, 4.69) is 16.0 Å². The highest BCUT2D eigenvalue weighted by Crippen LogP contribution is 2.26. The number of hydrogen-bond donors (Lipinski definition) is 0. The molecule has 0 saturated heterocycles. The molecule has 0 aliphatic rings. The SMILES string of the molecule is Cc1cc(C)cc(-c2nc3ccc(C(=O)OCc4cncn4C)cc3o2)c1. The Morgan fingerprint density at radius 2 is 1.93 bits per heavy atom. The molecular weight excluding hydrogens is 342 g/mol. The maximum Gasteiger partial charge on any atom is 0.338 e. The fourth-order valence-corrected chi connectivity index (χ4v) is 3.02. The number of nitrogens with zero attached hydrogens (tertiary/aromatic N) is 3. The van der Waals surface area contributed by atoms with Crippen LogP contribution in [0.3, 0.4) is 0 Å². The summed E-state index contributed by atoms with van der Waals surface area (Å²) in [6, 6.07) is 11.3. The first-order chi connectivity index (χ1) is 13.0. The van der Waals surface area contributed by atoms with Crippen LogP contribution in [-0.2, 0) is 18.4 Å². The van der Waals surface area contributed by atoms with E-state index in [-0.39, 0.29) is 6.61 Å². The number of benzene rings is 2. The quantitative estimate of drug-likeness (QED) is 0.510. The first-order valence-electron chi connectivity index (χ1n) is 8.61. The minimum absolute atomic E-state index is 0.164. The van der Waals surface area contributed by atoms with Crippen LogP contribution in [0.5, 0.6) is 0 Å². The van der Waals surface area contributed by atoms with Crippen LogP contribution in [-0.4, -0.2) is 20.5 Å². The Labute approximate surface area is 156 Å². The first-order valence-corrected chi connectivity index (χ1v) is 8.61. The van der Waals surface area contributed by atoms with Crippen LogP contribution in [0.1, 0.15) is 27.2 Å². The molecule has 4 rings (SSSR count).